The van der Waals surface area contributed by atoms with Gasteiger partial charge in [-0.25, -0.2) is 4.98 Å². The molecule has 4 nitrogen and oxygen atoms in total. The van der Waals surface area contributed by atoms with Gasteiger partial charge >= 0.3 is 0 Å². The van der Waals surface area contributed by atoms with Gasteiger partial charge in [0.1, 0.15) is 0 Å². The highest BCUT2D eigenvalue weighted by atomic mass is 35.5. The number of thioether (sulfide) groups is 1. The quantitative estimate of drug-likeness (QED) is 0.826. The first-order valence-electron chi connectivity index (χ1n) is 7.23. The molecule has 0 bridgehead atoms. The Morgan fingerprint density at radius 2 is 2.32 bits per heavy atom. The van der Waals surface area contributed by atoms with E-state index >= 15 is 0 Å². The molecule has 0 spiro atoms. The summed E-state index contributed by atoms with van der Waals surface area (Å²) in [6.45, 7) is 3.18. The zero-order chi connectivity index (χ0) is 14.7. The molecule has 2 N–H and O–H groups in total. The van der Waals surface area contributed by atoms with Gasteiger partial charge in [0.05, 0.1) is 16.0 Å². The molecule has 2 unspecified atom stereocenters. The maximum atomic E-state index is 12.1. The van der Waals surface area contributed by atoms with E-state index in [1.165, 1.54) is 16.5 Å². The molecule has 1 aromatic carbocycles. The zero-order valence-electron chi connectivity index (χ0n) is 12.4. The number of hydrogen-bond donors (Lipinski definition) is 2. The lowest BCUT2D eigenvalue weighted by Crippen LogP contribution is -2.52. The van der Waals surface area contributed by atoms with Gasteiger partial charge in [0.2, 0.25) is 5.91 Å². The second kappa shape index (κ2) is 8.15. The smallest absolute Gasteiger partial charge is 0.230 e. The molecule has 1 fully saturated rings. The fourth-order valence-electron chi connectivity index (χ4n) is 2.53. The highest BCUT2D eigenvalue weighted by molar-refractivity contribution is 8.01. The number of fused-ring (bicyclic) bond motifs is 1. The number of nitrogens with one attached hydrogen (secondary N) is 2. The molecule has 1 amide bonds. The minimum absolute atomic E-state index is 0. The minimum atomic E-state index is 0. The van der Waals surface area contributed by atoms with Crippen LogP contribution in [0.4, 0.5) is 0 Å². The highest BCUT2D eigenvalue weighted by Gasteiger charge is 2.22. The van der Waals surface area contributed by atoms with Crippen LogP contribution in [0.1, 0.15) is 19.8 Å². The van der Waals surface area contributed by atoms with Gasteiger partial charge in [0, 0.05) is 12.1 Å². The second-order valence-corrected chi connectivity index (χ2v) is 7.55. The van der Waals surface area contributed by atoms with E-state index in [0.717, 1.165) is 29.2 Å². The number of thiazole rings is 1. The molecule has 1 aliphatic heterocycles. The van der Waals surface area contributed by atoms with E-state index in [2.05, 4.69) is 28.6 Å². The summed E-state index contributed by atoms with van der Waals surface area (Å²) in [5, 5.41) is 6.52. The molecular weight excluding hydrogens is 338 g/mol. The summed E-state index contributed by atoms with van der Waals surface area (Å²) in [5.74, 6) is 0.531. The second-order valence-electron chi connectivity index (χ2n) is 5.30. The molecule has 3 rings (SSSR count). The van der Waals surface area contributed by atoms with Crippen LogP contribution in [0.25, 0.3) is 10.2 Å². The molecule has 120 valence electrons. The maximum absolute atomic E-state index is 12.1. The van der Waals surface area contributed by atoms with Gasteiger partial charge in [0.25, 0.3) is 0 Å². The summed E-state index contributed by atoms with van der Waals surface area (Å²) in [7, 11) is 0. The van der Waals surface area contributed by atoms with Crippen molar-refractivity contribution in [2.45, 2.75) is 36.2 Å². The molecule has 1 aliphatic rings. The number of halogens is 1. The molecule has 2 aromatic rings. The summed E-state index contributed by atoms with van der Waals surface area (Å²) < 4.78 is 2.13. The van der Waals surface area contributed by atoms with E-state index < -0.39 is 0 Å². The van der Waals surface area contributed by atoms with Crippen LogP contribution in [0.2, 0.25) is 0 Å². The van der Waals surface area contributed by atoms with E-state index in [1.807, 2.05) is 18.2 Å². The van der Waals surface area contributed by atoms with Crippen molar-refractivity contribution in [2.75, 3.05) is 12.3 Å². The molecule has 2 heterocycles. The fourth-order valence-corrected chi connectivity index (χ4v) is 4.41. The van der Waals surface area contributed by atoms with Gasteiger partial charge in [-0.2, -0.15) is 0 Å². The van der Waals surface area contributed by atoms with E-state index in [4.69, 9.17) is 0 Å². The van der Waals surface area contributed by atoms with Crippen LogP contribution in [-0.4, -0.2) is 35.3 Å². The van der Waals surface area contributed by atoms with Crippen molar-refractivity contribution >= 4 is 51.6 Å². The topological polar surface area (TPSA) is 54.0 Å². The van der Waals surface area contributed by atoms with E-state index in [-0.39, 0.29) is 24.4 Å². The number of para-hydroxylation sites is 1. The Hall–Kier alpha value is -0.820. The highest BCUT2D eigenvalue weighted by Crippen LogP contribution is 2.29. The first-order chi connectivity index (χ1) is 10.2. The van der Waals surface area contributed by atoms with Gasteiger partial charge in [-0.3, -0.25) is 4.79 Å². The molecule has 22 heavy (non-hydrogen) atoms. The maximum Gasteiger partial charge on any atom is 0.230 e. The first kappa shape index (κ1) is 17.5. The van der Waals surface area contributed by atoms with Crippen LogP contribution in [0.3, 0.4) is 0 Å². The lowest BCUT2D eigenvalue weighted by Gasteiger charge is -2.30. The summed E-state index contributed by atoms with van der Waals surface area (Å²) in [4.78, 5) is 16.6. The molecule has 0 saturated carbocycles. The normalized spacial score (nSPS) is 21.3. The van der Waals surface area contributed by atoms with Crippen molar-refractivity contribution in [3.05, 3.63) is 24.3 Å². The Balaban J connectivity index is 0.00000176. The lowest BCUT2D eigenvalue weighted by atomic mass is 10.00. The Bertz CT molecular complexity index is 601. The largest absolute Gasteiger partial charge is 0.351 e. The standard InChI is InChI=1S/C15H19N3OS2.ClH/c1-10-11(6-4-8-16-10)17-14(19)9-20-15-18-12-5-2-3-7-13(12)21-15;/h2-3,5,7,10-11,16H,4,6,8-9H2,1H3,(H,17,19);1H. The Morgan fingerprint density at radius 3 is 3.09 bits per heavy atom. The number of nitrogens with zero attached hydrogens (tertiary/aromatic N) is 1. The van der Waals surface area contributed by atoms with Crippen LogP contribution in [0.5, 0.6) is 0 Å². The SMILES string of the molecule is CC1NCCCC1NC(=O)CSc1nc2ccccc2s1.Cl. The average Bonchev–Trinajstić information content (AvgIpc) is 2.90. The van der Waals surface area contributed by atoms with Crippen LogP contribution in [0, 0.1) is 0 Å². The molecule has 0 aliphatic carbocycles. The summed E-state index contributed by atoms with van der Waals surface area (Å²) in [6, 6.07) is 8.68. The fraction of sp³-hybridized carbons (Fsp3) is 0.467. The summed E-state index contributed by atoms with van der Waals surface area (Å²) in [6.07, 6.45) is 2.19. The Morgan fingerprint density at radius 1 is 1.50 bits per heavy atom. The van der Waals surface area contributed by atoms with Crippen molar-refractivity contribution < 1.29 is 4.79 Å². The summed E-state index contributed by atoms with van der Waals surface area (Å²) in [5.41, 5.74) is 1.01. The van der Waals surface area contributed by atoms with E-state index in [0.29, 0.717) is 11.8 Å². The van der Waals surface area contributed by atoms with Crippen molar-refractivity contribution in [2.24, 2.45) is 0 Å². The third kappa shape index (κ3) is 4.35. The third-order valence-corrected chi connectivity index (χ3v) is 5.89. The minimum Gasteiger partial charge on any atom is -0.351 e. The van der Waals surface area contributed by atoms with Gasteiger partial charge in [-0.05, 0) is 38.4 Å². The molecule has 2 atom stereocenters. The van der Waals surface area contributed by atoms with Gasteiger partial charge in [-0.1, -0.05) is 23.9 Å². The van der Waals surface area contributed by atoms with Crippen molar-refractivity contribution in [3.8, 4) is 0 Å². The van der Waals surface area contributed by atoms with Gasteiger partial charge in [-0.15, -0.1) is 23.7 Å². The van der Waals surface area contributed by atoms with Gasteiger partial charge in [0.15, 0.2) is 4.34 Å². The van der Waals surface area contributed by atoms with Crippen LogP contribution >= 0.6 is 35.5 Å². The summed E-state index contributed by atoms with van der Waals surface area (Å²) >= 11 is 3.16. The number of aromatic nitrogens is 1. The van der Waals surface area contributed by atoms with Crippen molar-refractivity contribution in [1.29, 1.82) is 0 Å². The monoisotopic (exact) mass is 357 g/mol. The number of carbonyl (C=O) groups excluding carboxylic acids is 1. The number of rotatable bonds is 4. The number of piperidine rings is 1. The molecule has 0 radical (unpaired) electrons. The number of hydrogen-bond acceptors (Lipinski definition) is 5. The molecule has 1 aromatic heterocycles. The molecular formula is C15H20ClN3OS2. The average molecular weight is 358 g/mol. The first-order valence-corrected chi connectivity index (χ1v) is 9.04. The zero-order valence-corrected chi connectivity index (χ0v) is 14.8. The van der Waals surface area contributed by atoms with Crippen molar-refractivity contribution in [3.63, 3.8) is 0 Å². The number of amides is 1. The Labute approximate surface area is 144 Å². The molecule has 7 heteroatoms. The van der Waals surface area contributed by atoms with E-state index in [9.17, 15) is 4.79 Å². The predicted octanol–water partition coefficient (Wildman–Crippen LogP) is 3.07. The van der Waals surface area contributed by atoms with E-state index in [1.54, 1.807) is 11.3 Å². The van der Waals surface area contributed by atoms with Crippen LogP contribution in [0.15, 0.2) is 28.6 Å². The number of benzene rings is 1. The van der Waals surface area contributed by atoms with Crippen molar-refractivity contribution in [1.82, 2.24) is 15.6 Å². The third-order valence-electron chi connectivity index (χ3n) is 3.71. The van der Waals surface area contributed by atoms with Gasteiger partial charge < -0.3 is 10.6 Å². The predicted molar refractivity (Wildman–Crippen MR) is 96.2 cm³/mol. The Kier molecular flexibility index (Phi) is 6.50. The number of carbonyl (C=O) groups is 1. The van der Waals surface area contributed by atoms with Crippen LogP contribution in [-0.2, 0) is 4.79 Å². The molecule has 1 saturated heterocycles. The van der Waals surface area contributed by atoms with Crippen LogP contribution < -0.4 is 10.6 Å². The lowest BCUT2D eigenvalue weighted by molar-refractivity contribution is -0.119.